The quantitative estimate of drug-likeness (QED) is 0.149. The lowest BCUT2D eigenvalue weighted by Gasteiger charge is -2.67. The Morgan fingerprint density at radius 3 is 2.11 bits per heavy atom. The average molecular weight is 868 g/mol. The highest BCUT2D eigenvalue weighted by Crippen LogP contribution is 2.64. The number of nitrogens with one attached hydrogen (secondary N) is 1. The van der Waals surface area contributed by atoms with Crippen LogP contribution in [0.2, 0.25) is 0 Å². The van der Waals surface area contributed by atoms with Crippen molar-refractivity contribution < 1.29 is 72.5 Å². The number of alkyl carbamates (subject to hydrolysis) is 1. The summed E-state index contributed by atoms with van der Waals surface area (Å²) in [5.74, 6) is -6.73. The van der Waals surface area contributed by atoms with E-state index in [1.807, 2.05) is 13.8 Å². The molecule has 1 heterocycles. The molecule has 16 nitrogen and oxygen atoms in total. The first-order chi connectivity index (χ1) is 28.7. The number of hydrogen-bond acceptors (Lipinski definition) is 15. The van der Waals surface area contributed by atoms with E-state index < -0.39 is 124 Å². The minimum Gasteiger partial charge on any atom is -0.456 e. The maximum Gasteiger partial charge on any atom is 0.407 e. The van der Waals surface area contributed by atoms with E-state index in [2.05, 4.69) is 5.32 Å². The van der Waals surface area contributed by atoms with E-state index >= 15 is 4.79 Å². The molecule has 4 saturated carbocycles. The molecule has 16 heteroatoms. The second-order valence-corrected chi connectivity index (χ2v) is 20.7. The van der Waals surface area contributed by atoms with Crippen molar-refractivity contribution >= 4 is 35.8 Å². The van der Waals surface area contributed by atoms with Gasteiger partial charge in [-0.05, 0) is 88.5 Å². The summed E-state index contributed by atoms with van der Waals surface area (Å²) in [6.45, 7) is 15.9. The number of aliphatic hydroxyl groups is 3. The monoisotopic (exact) mass is 867 g/mol. The van der Waals surface area contributed by atoms with Gasteiger partial charge in [0, 0.05) is 25.2 Å². The zero-order valence-corrected chi connectivity index (χ0v) is 37.1. The zero-order valence-electron chi connectivity index (χ0n) is 37.1. The fraction of sp³-hybridized carbons (Fsp3) is 0.696. The first-order valence-electron chi connectivity index (χ1n) is 21.5. The lowest BCUT2D eigenvalue weighted by molar-refractivity contribution is -0.346. The molecule has 62 heavy (non-hydrogen) atoms. The predicted octanol–water partition coefficient (Wildman–Crippen LogP) is 3.89. The number of amides is 1. The number of aliphatic hydroxyl groups excluding tert-OH is 2. The molecule has 4 N–H and O–H groups in total. The van der Waals surface area contributed by atoms with Crippen LogP contribution in [-0.2, 0) is 47.6 Å². The van der Waals surface area contributed by atoms with Crippen molar-refractivity contribution in [2.45, 2.75) is 161 Å². The SMILES string of the molecule is CC(=O)O[C@@]12CO[C@@H]1C[C@H](O)[C@@]1(C)C(=O)[C@H](OC(=O)C3CC3)C3=C(C)[C@@H](OC(=O)[C@H](O)[C@@H](NC(=O)OC(C)(C)C)[C@H]4CC4(C)C)C[C@@](O)([C@@H](OC(=O)c4ccccc4)[C@H]21)C3(C)C. The summed E-state index contributed by atoms with van der Waals surface area (Å²) in [6.07, 6.45) is -9.48. The van der Waals surface area contributed by atoms with Crippen LogP contribution in [0.25, 0.3) is 0 Å². The van der Waals surface area contributed by atoms with Crippen LogP contribution in [0.1, 0.15) is 112 Å². The topological polar surface area (TPSA) is 231 Å². The van der Waals surface area contributed by atoms with Crippen LogP contribution in [0.15, 0.2) is 41.5 Å². The highest BCUT2D eigenvalue weighted by atomic mass is 16.6. The van der Waals surface area contributed by atoms with Gasteiger partial charge in [-0.3, -0.25) is 14.4 Å². The van der Waals surface area contributed by atoms with Crippen molar-refractivity contribution in [1.29, 1.82) is 0 Å². The largest absolute Gasteiger partial charge is 0.456 e. The normalized spacial score (nSPS) is 36.4. The fourth-order valence-electron chi connectivity index (χ4n) is 10.7. The maximum absolute atomic E-state index is 15.7. The Hall–Kier alpha value is -4.38. The summed E-state index contributed by atoms with van der Waals surface area (Å²) in [6, 6.07) is 6.76. The van der Waals surface area contributed by atoms with Gasteiger partial charge in [-0.15, -0.1) is 0 Å². The van der Waals surface area contributed by atoms with Gasteiger partial charge in [0.1, 0.15) is 29.5 Å². The van der Waals surface area contributed by atoms with E-state index in [1.165, 1.54) is 26.0 Å². The molecular formula is C46H61NO15. The number of carbonyl (C=O) groups excluding carboxylic acids is 6. The summed E-state index contributed by atoms with van der Waals surface area (Å²) in [4.78, 5) is 84.1. The van der Waals surface area contributed by atoms with E-state index in [0.29, 0.717) is 19.3 Å². The molecule has 0 unspecified atom stereocenters. The smallest absolute Gasteiger partial charge is 0.407 e. The molecule has 5 aliphatic carbocycles. The van der Waals surface area contributed by atoms with Crippen LogP contribution in [0.5, 0.6) is 0 Å². The highest BCUT2D eigenvalue weighted by molar-refractivity contribution is 5.96. The van der Waals surface area contributed by atoms with Gasteiger partial charge in [0.2, 0.25) is 0 Å². The van der Waals surface area contributed by atoms with Crippen molar-refractivity contribution in [1.82, 2.24) is 5.32 Å². The van der Waals surface area contributed by atoms with E-state index in [4.69, 9.17) is 28.4 Å². The van der Waals surface area contributed by atoms with Crippen molar-refractivity contribution in [3.8, 4) is 0 Å². The van der Waals surface area contributed by atoms with E-state index in [9.17, 15) is 39.3 Å². The van der Waals surface area contributed by atoms with Gasteiger partial charge in [-0.25, -0.2) is 14.4 Å². The van der Waals surface area contributed by atoms with Gasteiger partial charge in [0.15, 0.2) is 23.6 Å². The number of Topliss-reactive ketones (excluding diaryl/α,β-unsaturated/α-hetero) is 1. The number of fused-ring (bicyclic) bond motifs is 5. The van der Waals surface area contributed by atoms with Gasteiger partial charge >= 0.3 is 30.0 Å². The molecule has 0 spiro atoms. The predicted molar refractivity (Wildman–Crippen MR) is 217 cm³/mol. The molecule has 7 rings (SSSR count). The first-order valence-corrected chi connectivity index (χ1v) is 21.5. The Labute approximate surface area is 361 Å². The van der Waals surface area contributed by atoms with Crippen LogP contribution in [0.4, 0.5) is 4.79 Å². The second-order valence-electron chi connectivity index (χ2n) is 20.7. The molecule has 1 aromatic carbocycles. The Morgan fingerprint density at radius 2 is 1.58 bits per heavy atom. The Balaban J connectivity index is 1.39. The summed E-state index contributed by atoms with van der Waals surface area (Å²) in [5, 5.41) is 40.3. The third-order valence-corrected chi connectivity index (χ3v) is 14.6. The van der Waals surface area contributed by atoms with Crippen molar-refractivity contribution in [3.05, 3.63) is 47.0 Å². The lowest BCUT2D eigenvalue weighted by atomic mass is 9.44. The zero-order chi connectivity index (χ0) is 45.7. The number of benzene rings is 1. The number of carbonyl (C=O) groups is 6. The van der Waals surface area contributed by atoms with Crippen LogP contribution in [0, 0.1) is 34.0 Å². The molecule has 0 radical (unpaired) electrons. The summed E-state index contributed by atoms with van der Waals surface area (Å²) in [5.41, 5.74) is -8.69. The molecule has 5 fully saturated rings. The Kier molecular flexibility index (Phi) is 11.3. The van der Waals surface area contributed by atoms with E-state index in [0.717, 1.165) is 0 Å². The van der Waals surface area contributed by atoms with Gasteiger partial charge in [-0.2, -0.15) is 0 Å². The third kappa shape index (κ3) is 7.61. The molecule has 1 aromatic rings. The highest BCUT2D eigenvalue weighted by Gasteiger charge is 2.78. The number of esters is 4. The summed E-state index contributed by atoms with van der Waals surface area (Å²) >= 11 is 0. The third-order valence-electron chi connectivity index (χ3n) is 14.6. The second kappa shape index (κ2) is 15.4. The van der Waals surface area contributed by atoms with Crippen LogP contribution in [0.3, 0.4) is 0 Å². The van der Waals surface area contributed by atoms with Crippen LogP contribution >= 0.6 is 0 Å². The minimum atomic E-state index is -2.37. The van der Waals surface area contributed by atoms with E-state index in [-0.39, 0.29) is 41.1 Å². The summed E-state index contributed by atoms with van der Waals surface area (Å²) < 4.78 is 36.2. The first kappa shape index (κ1) is 45.6. The number of ether oxygens (including phenoxy) is 6. The molecule has 0 aromatic heterocycles. The van der Waals surface area contributed by atoms with Crippen LogP contribution < -0.4 is 5.32 Å². The molecule has 1 amide bonds. The molecule has 1 saturated heterocycles. The molecule has 6 aliphatic rings. The van der Waals surface area contributed by atoms with Crippen molar-refractivity contribution in [2.75, 3.05) is 6.61 Å². The number of ketones is 1. The maximum atomic E-state index is 15.7. The van der Waals surface area contributed by atoms with Gasteiger partial charge < -0.3 is 49.1 Å². The Bertz CT molecular complexity index is 2050. The average Bonchev–Trinajstić information content (AvgIpc) is 4.11. The molecule has 340 valence electrons. The van der Waals surface area contributed by atoms with E-state index in [1.54, 1.807) is 59.7 Å². The van der Waals surface area contributed by atoms with Gasteiger partial charge in [0.05, 0.1) is 41.6 Å². The van der Waals surface area contributed by atoms with Crippen molar-refractivity contribution in [2.24, 2.45) is 34.0 Å². The molecule has 2 bridgehead atoms. The van der Waals surface area contributed by atoms with Crippen LogP contribution in [-0.4, -0.2) is 117 Å². The molecule has 12 atom stereocenters. The van der Waals surface area contributed by atoms with Crippen molar-refractivity contribution in [3.63, 3.8) is 0 Å². The minimum absolute atomic E-state index is 0.0467. The lowest BCUT2D eigenvalue weighted by Crippen LogP contribution is -2.82. The summed E-state index contributed by atoms with van der Waals surface area (Å²) in [7, 11) is 0. The fourth-order valence-corrected chi connectivity index (χ4v) is 10.7. The number of hydrogen-bond donors (Lipinski definition) is 4. The van der Waals surface area contributed by atoms with Gasteiger partial charge in [0.25, 0.3) is 0 Å². The standard InChI is InChI=1S/C46H61NO15/c1-22-27(58-39(54)32(50)31(26-19-42(26,6)7)47-40(55)62-41(3,4)5)20-46(56)36(60-38(53)24-14-12-11-13-15-24)34-44(10,28(49)18-29-45(34,21-57-29)61-23(2)48)35(51)33(30(22)43(46,8)9)59-37(52)25-16-17-25/h11-15,25-29,31-34,36,49-50,56H,16-21H2,1-10H3,(H,47,55)/t26-,27+,28+,29-,31+,32-,33-,34+,36+,44-,45+,46-/m1/s1. The van der Waals surface area contributed by atoms with Gasteiger partial charge in [-0.1, -0.05) is 45.9 Å². The molecule has 1 aliphatic heterocycles. The molecular weight excluding hydrogens is 806 g/mol. The number of rotatable bonds is 10. The Morgan fingerprint density at radius 1 is 0.952 bits per heavy atom.